The van der Waals surface area contributed by atoms with Gasteiger partial charge < -0.3 is 15.2 Å². The fourth-order valence-electron chi connectivity index (χ4n) is 5.02. The predicted molar refractivity (Wildman–Crippen MR) is 156 cm³/mol. The van der Waals surface area contributed by atoms with Crippen molar-refractivity contribution in [3.63, 3.8) is 0 Å². The van der Waals surface area contributed by atoms with Gasteiger partial charge in [-0.3, -0.25) is 18.7 Å². The van der Waals surface area contributed by atoms with E-state index in [1.807, 2.05) is 30.3 Å². The van der Waals surface area contributed by atoms with Gasteiger partial charge in [0.1, 0.15) is 5.82 Å². The maximum Gasteiger partial charge on any atom is 0.331 e. The Morgan fingerprint density at radius 3 is 2.36 bits per heavy atom. The minimum absolute atomic E-state index is 0.0438. The van der Waals surface area contributed by atoms with Crippen LogP contribution in [0.4, 0.5) is 8.78 Å². The Morgan fingerprint density at radius 2 is 1.69 bits per heavy atom. The molecule has 220 valence electrons. The highest BCUT2D eigenvalue weighted by Crippen LogP contribution is 2.29. The summed E-state index contributed by atoms with van der Waals surface area (Å²) < 4.78 is 37.9. The quantitative estimate of drug-likeness (QED) is 0.234. The molecule has 4 rings (SSSR count). The molecule has 1 atom stereocenters. The third-order valence-electron chi connectivity index (χ3n) is 7.33. The van der Waals surface area contributed by atoms with E-state index in [1.165, 1.54) is 36.8 Å². The van der Waals surface area contributed by atoms with Crippen molar-refractivity contribution in [3.8, 4) is 16.9 Å². The first-order valence-corrected chi connectivity index (χ1v) is 13.5. The maximum atomic E-state index is 15.6. The van der Waals surface area contributed by atoms with E-state index in [2.05, 4.69) is 5.32 Å². The Kier molecular flexibility index (Phi) is 9.69. The molecule has 0 saturated heterocycles. The van der Waals surface area contributed by atoms with Gasteiger partial charge in [-0.25, -0.2) is 13.6 Å². The van der Waals surface area contributed by atoms with Crippen molar-refractivity contribution in [3.05, 3.63) is 122 Å². The molecule has 0 unspecified atom stereocenters. The van der Waals surface area contributed by atoms with Gasteiger partial charge in [0.05, 0.1) is 31.8 Å². The number of halogens is 2. The fourth-order valence-corrected chi connectivity index (χ4v) is 5.02. The normalized spacial score (nSPS) is 11.8. The zero-order valence-corrected chi connectivity index (χ0v) is 23.7. The van der Waals surface area contributed by atoms with E-state index in [0.717, 1.165) is 10.1 Å². The van der Waals surface area contributed by atoms with Gasteiger partial charge in [-0.2, -0.15) is 0 Å². The molecule has 0 bridgehead atoms. The number of ether oxygens (including phenoxy) is 1. The van der Waals surface area contributed by atoms with E-state index in [9.17, 15) is 18.8 Å². The van der Waals surface area contributed by atoms with Crippen molar-refractivity contribution < 1.29 is 23.4 Å². The van der Waals surface area contributed by atoms with Crippen LogP contribution in [-0.2, 0) is 17.9 Å². The summed E-state index contributed by atoms with van der Waals surface area (Å²) in [6.45, 7) is 3.26. The van der Waals surface area contributed by atoms with E-state index in [0.29, 0.717) is 18.5 Å². The number of carboxylic acids is 1. The van der Waals surface area contributed by atoms with Crippen LogP contribution in [0.15, 0.2) is 76.3 Å². The average molecular weight is 578 g/mol. The Bertz CT molecular complexity index is 1680. The fraction of sp³-hybridized carbons (Fsp3) is 0.281. The van der Waals surface area contributed by atoms with E-state index in [4.69, 9.17) is 9.84 Å². The predicted octanol–water partition coefficient (Wildman–Crippen LogP) is 4.82. The number of carboxylic acid groups (broad SMARTS) is 1. The van der Waals surface area contributed by atoms with Crippen LogP contribution in [0.1, 0.15) is 41.3 Å². The van der Waals surface area contributed by atoms with E-state index >= 15 is 4.39 Å². The molecular formula is C32H33F2N3O5. The van der Waals surface area contributed by atoms with Crippen LogP contribution in [0, 0.1) is 25.5 Å². The highest BCUT2D eigenvalue weighted by atomic mass is 19.1. The van der Waals surface area contributed by atoms with Crippen LogP contribution in [0.25, 0.3) is 11.1 Å². The van der Waals surface area contributed by atoms with Crippen molar-refractivity contribution >= 4 is 5.97 Å². The largest absolute Gasteiger partial charge is 0.494 e. The van der Waals surface area contributed by atoms with E-state index in [-0.39, 0.29) is 47.6 Å². The summed E-state index contributed by atoms with van der Waals surface area (Å²) in [5.41, 5.74) is 0.367. The first-order valence-electron chi connectivity index (χ1n) is 13.5. The molecule has 10 heteroatoms. The molecule has 0 aliphatic rings. The monoisotopic (exact) mass is 577 g/mol. The molecule has 0 fully saturated rings. The molecule has 0 amide bonds. The number of hydrogen-bond donors (Lipinski definition) is 2. The second kappa shape index (κ2) is 13.4. The zero-order valence-electron chi connectivity index (χ0n) is 23.7. The van der Waals surface area contributed by atoms with Crippen LogP contribution in [0.5, 0.6) is 5.75 Å². The number of hydrogen-bond acceptors (Lipinski definition) is 5. The number of aromatic nitrogens is 2. The lowest BCUT2D eigenvalue weighted by molar-refractivity contribution is -0.137. The zero-order chi connectivity index (χ0) is 30.4. The third-order valence-corrected chi connectivity index (χ3v) is 7.33. The van der Waals surface area contributed by atoms with Gasteiger partial charge in [0.25, 0.3) is 5.56 Å². The lowest BCUT2D eigenvalue weighted by atomic mass is 10.0. The Morgan fingerprint density at radius 1 is 0.976 bits per heavy atom. The number of rotatable bonds is 12. The van der Waals surface area contributed by atoms with Crippen LogP contribution in [0.2, 0.25) is 0 Å². The van der Waals surface area contributed by atoms with Gasteiger partial charge >= 0.3 is 11.7 Å². The molecule has 1 aromatic heterocycles. The van der Waals surface area contributed by atoms with Gasteiger partial charge in [-0.1, -0.05) is 54.6 Å². The SMILES string of the molecule is COc1cccc(-c2c(C)n(Cc3c(C)cccc3F)c(=O)n(C[C@H](NCCCC(=O)O)c3ccccc3)c2=O)c1F. The van der Waals surface area contributed by atoms with E-state index in [1.54, 1.807) is 25.1 Å². The van der Waals surface area contributed by atoms with Crippen LogP contribution < -0.4 is 21.3 Å². The number of carbonyl (C=O) groups is 1. The standard InChI is InChI=1S/C32H33F2N3O5/c1-20-10-7-14-25(33)24(20)18-36-21(2)29(23-13-8-15-27(42-3)30(23)34)31(40)37(32(36)41)19-26(22-11-5-4-6-12-22)35-17-9-16-28(38)39/h4-8,10-15,26,35H,9,16-19H2,1-3H3,(H,38,39)/t26-/m0/s1. The summed E-state index contributed by atoms with van der Waals surface area (Å²) >= 11 is 0. The van der Waals surface area contributed by atoms with Crippen LogP contribution in [-0.4, -0.2) is 33.9 Å². The van der Waals surface area contributed by atoms with Crippen molar-refractivity contribution in [1.29, 1.82) is 0 Å². The summed E-state index contributed by atoms with van der Waals surface area (Å²) in [5, 5.41) is 12.3. The van der Waals surface area contributed by atoms with Gasteiger partial charge in [0.15, 0.2) is 11.6 Å². The summed E-state index contributed by atoms with van der Waals surface area (Å²) in [5.74, 6) is -2.26. The molecule has 0 saturated carbocycles. The molecule has 2 N–H and O–H groups in total. The molecule has 42 heavy (non-hydrogen) atoms. The third kappa shape index (κ3) is 6.49. The van der Waals surface area contributed by atoms with Gasteiger partial charge in [-0.05, 0) is 50.1 Å². The molecule has 0 aliphatic carbocycles. The Balaban J connectivity index is 1.91. The van der Waals surface area contributed by atoms with Crippen molar-refractivity contribution in [2.75, 3.05) is 13.7 Å². The first-order chi connectivity index (χ1) is 20.1. The lowest BCUT2D eigenvalue weighted by Crippen LogP contribution is -2.45. The second-order valence-corrected chi connectivity index (χ2v) is 10.0. The highest BCUT2D eigenvalue weighted by Gasteiger charge is 2.24. The Labute approximate surface area is 241 Å². The molecule has 4 aromatic rings. The average Bonchev–Trinajstić information content (AvgIpc) is 2.97. The topological polar surface area (TPSA) is 103 Å². The molecule has 0 spiro atoms. The second-order valence-electron chi connectivity index (χ2n) is 10.0. The van der Waals surface area contributed by atoms with Crippen molar-refractivity contribution in [2.24, 2.45) is 0 Å². The smallest absolute Gasteiger partial charge is 0.331 e. The Hall–Kier alpha value is -4.57. The molecule has 1 heterocycles. The number of aliphatic carboxylic acids is 1. The molecular weight excluding hydrogens is 544 g/mol. The summed E-state index contributed by atoms with van der Waals surface area (Å²) in [6.07, 6.45) is 0.283. The van der Waals surface area contributed by atoms with Crippen molar-refractivity contribution in [2.45, 2.75) is 45.8 Å². The van der Waals surface area contributed by atoms with Crippen LogP contribution >= 0.6 is 0 Å². The number of benzene rings is 3. The first kappa shape index (κ1) is 30.4. The van der Waals surface area contributed by atoms with Gasteiger partial charge in [0, 0.05) is 23.2 Å². The summed E-state index contributed by atoms with van der Waals surface area (Å²) in [4.78, 5) is 39.1. The number of methoxy groups -OCH3 is 1. The molecule has 0 radical (unpaired) electrons. The van der Waals surface area contributed by atoms with E-state index < -0.39 is 34.9 Å². The molecule has 0 aliphatic heterocycles. The highest BCUT2D eigenvalue weighted by molar-refractivity contribution is 5.67. The molecule has 8 nitrogen and oxygen atoms in total. The molecule has 3 aromatic carbocycles. The van der Waals surface area contributed by atoms with Gasteiger partial charge in [0.2, 0.25) is 0 Å². The van der Waals surface area contributed by atoms with Crippen molar-refractivity contribution in [1.82, 2.24) is 14.5 Å². The minimum atomic E-state index is -0.931. The van der Waals surface area contributed by atoms with Crippen LogP contribution in [0.3, 0.4) is 0 Å². The minimum Gasteiger partial charge on any atom is -0.494 e. The summed E-state index contributed by atoms with van der Waals surface area (Å²) in [7, 11) is 1.32. The maximum absolute atomic E-state index is 15.6. The summed E-state index contributed by atoms with van der Waals surface area (Å²) in [6, 6.07) is 17.6. The number of nitrogens with one attached hydrogen (secondary N) is 1. The van der Waals surface area contributed by atoms with Gasteiger partial charge in [-0.15, -0.1) is 0 Å². The number of aryl methyl sites for hydroxylation is 1. The lowest BCUT2D eigenvalue weighted by Gasteiger charge is -2.23. The number of nitrogens with zero attached hydrogens (tertiary/aromatic N) is 2.